The Morgan fingerprint density at radius 2 is 2.26 bits per heavy atom. The molecule has 0 saturated carbocycles. The Morgan fingerprint density at radius 1 is 1.42 bits per heavy atom. The predicted octanol–water partition coefficient (Wildman–Crippen LogP) is 2.89. The van der Waals surface area contributed by atoms with Crippen molar-refractivity contribution >= 4 is 15.9 Å². The van der Waals surface area contributed by atoms with Crippen LogP contribution in [0.25, 0.3) is 0 Å². The van der Waals surface area contributed by atoms with Crippen LogP contribution in [0.15, 0.2) is 4.47 Å². The largest absolute Gasteiger partial charge is 0.374 e. The highest BCUT2D eigenvalue weighted by Gasteiger charge is 2.16. The van der Waals surface area contributed by atoms with E-state index >= 15 is 0 Å². The van der Waals surface area contributed by atoms with E-state index in [1.165, 1.54) is 19.3 Å². The van der Waals surface area contributed by atoms with Crippen molar-refractivity contribution in [2.45, 2.75) is 58.7 Å². The van der Waals surface area contributed by atoms with Gasteiger partial charge in [0.25, 0.3) is 0 Å². The summed E-state index contributed by atoms with van der Waals surface area (Å²) in [7, 11) is 0. The smallest absolute Gasteiger partial charge is 0.0897 e. The first-order valence-corrected chi connectivity index (χ1v) is 8.10. The van der Waals surface area contributed by atoms with E-state index in [2.05, 4.69) is 40.2 Å². The highest BCUT2D eigenvalue weighted by molar-refractivity contribution is 9.10. The summed E-state index contributed by atoms with van der Waals surface area (Å²) in [6.07, 6.45) is 4.79. The van der Waals surface area contributed by atoms with Crippen LogP contribution < -0.4 is 5.32 Å². The Balaban J connectivity index is 1.89. The van der Waals surface area contributed by atoms with Crippen molar-refractivity contribution in [3.05, 3.63) is 15.9 Å². The third-order valence-corrected chi connectivity index (χ3v) is 4.58. The van der Waals surface area contributed by atoms with Gasteiger partial charge in [-0.3, -0.25) is 4.68 Å². The van der Waals surface area contributed by atoms with Gasteiger partial charge >= 0.3 is 0 Å². The minimum absolute atomic E-state index is 0.524. The Morgan fingerprint density at radius 3 is 2.89 bits per heavy atom. The molecule has 2 heterocycles. The van der Waals surface area contributed by atoms with Gasteiger partial charge in [-0.05, 0) is 48.7 Å². The van der Waals surface area contributed by atoms with E-state index in [0.717, 1.165) is 42.0 Å². The number of piperidine rings is 1. The lowest BCUT2D eigenvalue weighted by molar-refractivity contribution is 0.0862. The molecule has 0 amide bonds. The van der Waals surface area contributed by atoms with Crippen LogP contribution in [0.2, 0.25) is 0 Å². The van der Waals surface area contributed by atoms with Gasteiger partial charge in [-0.1, -0.05) is 13.3 Å². The fourth-order valence-corrected chi connectivity index (χ4v) is 3.20. The highest BCUT2D eigenvalue weighted by atomic mass is 79.9. The van der Waals surface area contributed by atoms with Gasteiger partial charge in [0, 0.05) is 12.6 Å². The van der Waals surface area contributed by atoms with Crippen LogP contribution in [0.1, 0.15) is 44.5 Å². The van der Waals surface area contributed by atoms with Crippen molar-refractivity contribution in [2.75, 3.05) is 13.2 Å². The van der Waals surface area contributed by atoms with Crippen LogP contribution in [0.4, 0.5) is 0 Å². The number of aromatic nitrogens is 2. The normalized spacial score (nSPS) is 19.8. The van der Waals surface area contributed by atoms with E-state index in [1.807, 2.05) is 4.68 Å². The maximum Gasteiger partial charge on any atom is 0.0897 e. The van der Waals surface area contributed by atoms with E-state index in [1.54, 1.807) is 0 Å². The SMILES string of the molecule is CCc1nn(CC)c(COCC2CCCCN2)c1Br. The Labute approximate surface area is 124 Å². The monoisotopic (exact) mass is 329 g/mol. The molecule has 1 N–H and O–H groups in total. The van der Waals surface area contributed by atoms with Crippen molar-refractivity contribution < 1.29 is 4.74 Å². The number of aryl methyl sites for hydroxylation is 2. The molecule has 0 spiro atoms. The zero-order valence-electron chi connectivity index (χ0n) is 11.9. The molecule has 1 fully saturated rings. The van der Waals surface area contributed by atoms with E-state index in [-0.39, 0.29) is 0 Å². The molecule has 1 aliphatic heterocycles. The Bertz CT molecular complexity index is 400. The molecule has 0 aromatic carbocycles. The molecule has 0 radical (unpaired) electrons. The average Bonchev–Trinajstić information content (AvgIpc) is 2.76. The summed E-state index contributed by atoms with van der Waals surface area (Å²) in [5.74, 6) is 0. The molecule has 1 saturated heterocycles. The number of hydrogen-bond donors (Lipinski definition) is 1. The van der Waals surface area contributed by atoms with Gasteiger partial charge in [-0.2, -0.15) is 5.10 Å². The predicted molar refractivity (Wildman–Crippen MR) is 80.3 cm³/mol. The molecule has 1 aromatic rings. The molecular formula is C14H24BrN3O. The van der Waals surface area contributed by atoms with Crippen LogP contribution in [0, 0.1) is 0 Å². The number of hydrogen-bond acceptors (Lipinski definition) is 3. The zero-order chi connectivity index (χ0) is 13.7. The number of rotatable bonds is 6. The van der Waals surface area contributed by atoms with Crippen molar-refractivity contribution in [3.8, 4) is 0 Å². The van der Waals surface area contributed by atoms with Gasteiger partial charge in [0.15, 0.2) is 0 Å². The van der Waals surface area contributed by atoms with E-state index < -0.39 is 0 Å². The molecule has 1 aliphatic rings. The Kier molecular flexibility index (Phi) is 5.85. The summed E-state index contributed by atoms with van der Waals surface area (Å²) in [6.45, 7) is 7.70. The molecule has 0 aliphatic carbocycles. The van der Waals surface area contributed by atoms with Crippen LogP contribution in [0.5, 0.6) is 0 Å². The number of nitrogens with one attached hydrogen (secondary N) is 1. The van der Waals surface area contributed by atoms with E-state index in [9.17, 15) is 0 Å². The van der Waals surface area contributed by atoms with Crippen LogP contribution in [-0.2, 0) is 24.3 Å². The van der Waals surface area contributed by atoms with Crippen molar-refractivity contribution in [3.63, 3.8) is 0 Å². The first kappa shape index (κ1) is 15.0. The summed E-state index contributed by atoms with van der Waals surface area (Å²) in [5.41, 5.74) is 2.28. The molecule has 1 unspecified atom stereocenters. The second kappa shape index (κ2) is 7.41. The van der Waals surface area contributed by atoms with Gasteiger partial charge < -0.3 is 10.1 Å². The Hall–Kier alpha value is -0.390. The lowest BCUT2D eigenvalue weighted by atomic mass is 10.1. The van der Waals surface area contributed by atoms with Crippen LogP contribution >= 0.6 is 15.9 Å². The third-order valence-electron chi connectivity index (χ3n) is 3.66. The topological polar surface area (TPSA) is 39.1 Å². The van der Waals surface area contributed by atoms with Crippen molar-refractivity contribution in [1.29, 1.82) is 0 Å². The molecule has 2 rings (SSSR count). The van der Waals surface area contributed by atoms with Gasteiger partial charge in [0.05, 0.1) is 29.1 Å². The number of ether oxygens (including phenoxy) is 1. The molecule has 4 nitrogen and oxygen atoms in total. The van der Waals surface area contributed by atoms with Gasteiger partial charge in [-0.15, -0.1) is 0 Å². The highest BCUT2D eigenvalue weighted by Crippen LogP contribution is 2.23. The van der Waals surface area contributed by atoms with E-state index in [4.69, 9.17) is 4.74 Å². The standard InChI is InChI=1S/C14H24BrN3O/c1-3-12-14(15)13(18(4-2)17-12)10-19-9-11-7-5-6-8-16-11/h11,16H,3-10H2,1-2H3. The maximum atomic E-state index is 5.89. The molecule has 5 heteroatoms. The molecule has 0 bridgehead atoms. The van der Waals surface area contributed by atoms with Crippen molar-refractivity contribution in [2.24, 2.45) is 0 Å². The van der Waals surface area contributed by atoms with Crippen LogP contribution in [0.3, 0.4) is 0 Å². The molecule has 19 heavy (non-hydrogen) atoms. The summed E-state index contributed by atoms with van der Waals surface area (Å²) < 4.78 is 9.04. The third kappa shape index (κ3) is 3.80. The first-order chi connectivity index (χ1) is 9.26. The maximum absolute atomic E-state index is 5.89. The first-order valence-electron chi connectivity index (χ1n) is 7.31. The summed E-state index contributed by atoms with van der Waals surface area (Å²) in [6, 6.07) is 0.524. The number of halogens is 1. The van der Waals surface area contributed by atoms with Gasteiger partial charge in [-0.25, -0.2) is 0 Å². The molecule has 1 atom stereocenters. The molecule has 108 valence electrons. The summed E-state index contributed by atoms with van der Waals surface area (Å²) in [5, 5.41) is 8.09. The molecule has 1 aromatic heterocycles. The van der Waals surface area contributed by atoms with E-state index in [0.29, 0.717) is 12.6 Å². The van der Waals surface area contributed by atoms with Gasteiger partial charge in [0.1, 0.15) is 0 Å². The fraction of sp³-hybridized carbons (Fsp3) is 0.786. The van der Waals surface area contributed by atoms with Crippen molar-refractivity contribution in [1.82, 2.24) is 15.1 Å². The molecular weight excluding hydrogens is 306 g/mol. The quantitative estimate of drug-likeness (QED) is 0.872. The minimum atomic E-state index is 0.524. The fourth-order valence-electron chi connectivity index (χ4n) is 2.52. The summed E-state index contributed by atoms with van der Waals surface area (Å²) in [4.78, 5) is 0. The zero-order valence-corrected chi connectivity index (χ0v) is 13.5. The van der Waals surface area contributed by atoms with Crippen LogP contribution in [-0.4, -0.2) is 29.0 Å². The second-order valence-electron chi connectivity index (χ2n) is 5.04. The lowest BCUT2D eigenvalue weighted by Crippen LogP contribution is -2.37. The lowest BCUT2D eigenvalue weighted by Gasteiger charge is -2.23. The average molecular weight is 330 g/mol. The summed E-state index contributed by atoms with van der Waals surface area (Å²) >= 11 is 3.65. The minimum Gasteiger partial charge on any atom is -0.374 e. The second-order valence-corrected chi connectivity index (χ2v) is 5.83. The number of nitrogens with zero attached hydrogens (tertiary/aromatic N) is 2. The van der Waals surface area contributed by atoms with Gasteiger partial charge in [0.2, 0.25) is 0 Å².